The van der Waals surface area contributed by atoms with Crippen LogP contribution in [0.5, 0.6) is 0 Å². The van der Waals surface area contributed by atoms with Gasteiger partial charge < -0.3 is 20.1 Å². The summed E-state index contributed by atoms with van der Waals surface area (Å²) in [5.41, 5.74) is 0.943. The second-order valence-corrected chi connectivity index (χ2v) is 3.32. The van der Waals surface area contributed by atoms with Gasteiger partial charge in [0.2, 0.25) is 0 Å². The van der Waals surface area contributed by atoms with Crippen molar-refractivity contribution in [3.63, 3.8) is 0 Å². The standard InChI is InChI=1S/C11H14O5/c1-16-11(15)10(14)9(13)8-4-2-3-7(5-8)6-12/h2-5,9-10,12-14H,6H2,1H3. The van der Waals surface area contributed by atoms with E-state index in [-0.39, 0.29) is 6.61 Å². The average molecular weight is 226 g/mol. The van der Waals surface area contributed by atoms with Gasteiger partial charge in [0.05, 0.1) is 13.7 Å². The summed E-state index contributed by atoms with van der Waals surface area (Å²) >= 11 is 0. The zero-order valence-corrected chi connectivity index (χ0v) is 8.83. The Kier molecular flexibility index (Phi) is 4.42. The Morgan fingerprint density at radius 3 is 2.69 bits per heavy atom. The number of carbonyl (C=O) groups excluding carboxylic acids is 1. The Morgan fingerprint density at radius 2 is 2.12 bits per heavy atom. The van der Waals surface area contributed by atoms with E-state index in [0.29, 0.717) is 11.1 Å². The van der Waals surface area contributed by atoms with Crippen LogP contribution >= 0.6 is 0 Å². The molecule has 0 aliphatic carbocycles. The summed E-state index contributed by atoms with van der Waals surface area (Å²) in [4.78, 5) is 11.0. The molecular weight excluding hydrogens is 212 g/mol. The molecule has 0 radical (unpaired) electrons. The smallest absolute Gasteiger partial charge is 0.337 e. The van der Waals surface area contributed by atoms with Gasteiger partial charge in [-0.1, -0.05) is 24.3 Å². The SMILES string of the molecule is COC(=O)C(O)C(O)c1cccc(CO)c1. The molecule has 0 heterocycles. The predicted octanol–water partition coefficient (Wildman–Crippen LogP) is -0.254. The lowest BCUT2D eigenvalue weighted by molar-refractivity contribution is -0.156. The first-order valence-corrected chi connectivity index (χ1v) is 4.73. The molecule has 0 saturated heterocycles. The van der Waals surface area contributed by atoms with Gasteiger partial charge in [-0.05, 0) is 11.1 Å². The minimum atomic E-state index is -1.63. The highest BCUT2D eigenvalue weighted by Gasteiger charge is 2.26. The Balaban J connectivity index is 2.86. The Labute approximate surface area is 92.9 Å². The van der Waals surface area contributed by atoms with Crippen LogP contribution in [0.4, 0.5) is 0 Å². The van der Waals surface area contributed by atoms with Crippen LogP contribution in [0.15, 0.2) is 24.3 Å². The van der Waals surface area contributed by atoms with Crippen molar-refractivity contribution in [3.05, 3.63) is 35.4 Å². The normalized spacial score (nSPS) is 14.2. The summed E-state index contributed by atoms with van der Waals surface area (Å²) in [6.45, 7) is -0.172. The van der Waals surface area contributed by atoms with Gasteiger partial charge in [-0.15, -0.1) is 0 Å². The predicted molar refractivity (Wildman–Crippen MR) is 55.3 cm³/mol. The third-order valence-corrected chi connectivity index (χ3v) is 2.22. The van der Waals surface area contributed by atoms with E-state index < -0.39 is 18.2 Å². The number of benzene rings is 1. The molecule has 2 atom stereocenters. The molecule has 1 aromatic carbocycles. The van der Waals surface area contributed by atoms with E-state index in [0.717, 1.165) is 7.11 Å². The number of esters is 1. The van der Waals surface area contributed by atoms with Crippen molar-refractivity contribution in [1.29, 1.82) is 0 Å². The molecule has 1 rings (SSSR count). The van der Waals surface area contributed by atoms with Gasteiger partial charge in [0.1, 0.15) is 6.10 Å². The summed E-state index contributed by atoms with van der Waals surface area (Å²) < 4.78 is 4.31. The van der Waals surface area contributed by atoms with E-state index in [1.807, 2.05) is 0 Å². The van der Waals surface area contributed by atoms with Crippen LogP contribution in [0.3, 0.4) is 0 Å². The van der Waals surface area contributed by atoms with Gasteiger partial charge in [0.25, 0.3) is 0 Å². The van der Waals surface area contributed by atoms with Crippen LogP contribution in [0.25, 0.3) is 0 Å². The second kappa shape index (κ2) is 5.60. The van der Waals surface area contributed by atoms with Gasteiger partial charge in [-0.2, -0.15) is 0 Å². The number of aliphatic hydroxyl groups excluding tert-OH is 3. The molecule has 0 spiro atoms. The first kappa shape index (κ1) is 12.6. The van der Waals surface area contributed by atoms with Gasteiger partial charge in [-0.25, -0.2) is 4.79 Å². The van der Waals surface area contributed by atoms with Crippen molar-refractivity contribution in [2.45, 2.75) is 18.8 Å². The number of hydrogen-bond donors (Lipinski definition) is 3. The Hall–Kier alpha value is -1.43. The molecule has 1 aromatic rings. The van der Waals surface area contributed by atoms with E-state index in [1.165, 1.54) is 6.07 Å². The van der Waals surface area contributed by atoms with Crippen molar-refractivity contribution >= 4 is 5.97 Å². The molecule has 2 unspecified atom stereocenters. The van der Waals surface area contributed by atoms with E-state index in [4.69, 9.17) is 5.11 Å². The zero-order valence-electron chi connectivity index (χ0n) is 8.83. The molecule has 0 aromatic heterocycles. The van der Waals surface area contributed by atoms with Crippen LogP contribution in [0, 0.1) is 0 Å². The Morgan fingerprint density at radius 1 is 1.44 bits per heavy atom. The van der Waals surface area contributed by atoms with Gasteiger partial charge in [0, 0.05) is 0 Å². The highest BCUT2D eigenvalue weighted by atomic mass is 16.5. The summed E-state index contributed by atoms with van der Waals surface area (Å²) in [5.74, 6) is -0.901. The number of carbonyl (C=O) groups is 1. The lowest BCUT2D eigenvalue weighted by Gasteiger charge is -2.16. The van der Waals surface area contributed by atoms with Crippen molar-refractivity contribution in [2.75, 3.05) is 7.11 Å². The minimum absolute atomic E-state index is 0.172. The maximum atomic E-state index is 11.0. The fraction of sp³-hybridized carbons (Fsp3) is 0.364. The van der Waals surface area contributed by atoms with E-state index >= 15 is 0 Å². The summed E-state index contributed by atoms with van der Waals surface area (Å²) in [6, 6.07) is 6.35. The van der Waals surface area contributed by atoms with Crippen LogP contribution in [0.1, 0.15) is 17.2 Å². The highest BCUT2D eigenvalue weighted by molar-refractivity contribution is 5.75. The molecule has 16 heavy (non-hydrogen) atoms. The number of ether oxygens (including phenoxy) is 1. The van der Waals surface area contributed by atoms with Crippen LogP contribution in [-0.4, -0.2) is 34.5 Å². The lowest BCUT2D eigenvalue weighted by Crippen LogP contribution is -2.29. The minimum Gasteiger partial charge on any atom is -0.467 e. The van der Waals surface area contributed by atoms with Crippen LogP contribution in [0.2, 0.25) is 0 Å². The van der Waals surface area contributed by atoms with Crippen molar-refractivity contribution in [3.8, 4) is 0 Å². The molecule has 0 saturated carbocycles. The monoisotopic (exact) mass is 226 g/mol. The molecular formula is C11H14O5. The summed E-state index contributed by atoms with van der Waals surface area (Å²) in [6.07, 6.45) is -2.99. The molecule has 0 bridgehead atoms. The first-order chi connectivity index (χ1) is 7.60. The van der Waals surface area contributed by atoms with Crippen molar-refractivity contribution in [2.24, 2.45) is 0 Å². The largest absolute Gasteiger partial charge is 0.467 e. The highest BCUT2D eigenvalue weighted by Crippen LogP contribution is 2.19. The van der Waals surface area contributed by atoms with Crippen molar-refractivity contribution in [1.82, 2.24) is 0 Å². The molecule has 0 amide bonds. The van der Waals surface area contributed by atoms with E-state index in [1.54, 1.807) is 18.2 Å². The lowest BCUT2D eigenvalue weighted by atomic mass is 10.0. The third kappa shape index (κ3) is 2.79. The van der Waals surface area contributed by atoms with Crippen LogP contribution < -0.4 is 0 Å². The maximum Gasteiger partial charge on any atom is 0.337 e. The topological polar surface area (TPSA) is 87.0 Å². The van der Waals surface area contributed by atoms with E-state index in [9.17, 15) is 15.0 Å². The maximum absolute atomic E-state index is 11.0. The number of hydrogen-bond acceptors (Lipinski definition) is 5. The van der Waals surface area contributed by atoms with Gasteiger partial charge >= 0.3 is 5.97 Å². The van der Waals surface area contributed by atoms with Crippen LogP contribution in [-0.2, 0) is 16.1 Å². The van der Waals surface area contributed by atoms with Gasteiger partial charge in [-0.3, -0.25) is 0 Å². The molecule has 5 nitrogen and oxygen atoms in total. The van der Waals surface area contributed by atoms with Gasteiger partial charge in [0.15, 0.2) is 6.10 Å². The molecule has 0 aliphatic heterocycles. The zero-order chi connectivity index (χ0) is 12.1. The third-order valence-electron chi connectivity index (χ3n) is 2.22. The molecule has 0 aliphatic rings. The fourth-order valence-corrected chi connectivity index (χ4v) is 1.31. The van der Waals surface area contributed by atoms with Crippen molar-refractivity contribution < 1.29 is 24.9 Å². The molecule has 0 fully saturated rings. The van der Waals surface area contributed by atoms with E-state index in [2.05, 4.69) is 4.74 Å². The fourth-order valence-electron chi connectivity index (χ4n) is 1.31. The summed E-state index contributed by atoms with van der Waals surface area (Å²) in [5, 5.41) is 28.0. The first-order valence-electron chi connectivity index (χ1n) is 4.73. The number of rotatable bonds is 4. The quantitative estimate of drug-likeness (QED) is 0.616. The molecule has 5 heteroatoms. The Bertz CT molecular complexity index is 363. The molecule has 3 N–H and O–H groups in total. The average Bonchev–Trinajstić information content (AvgIpc) is 2.36. The second-order valence-electron chi connectivity index (χ2n) is 3.32. The summed E-state index contributed by atoms with van der Waals surface area (Å²) in [7, 11) is 1.13. The number of methoxy groups -OCH3 is 1. The molecule has 88 valence electrons. The number of aliphatic hydroxyl groups is 3.